The maximum Gasteiger partial charge on any atom is 0.313 e. The smallest absolute Gasteiger partial charge is 0.313 e. The van der Waals surface area contributed by atoms with Gasteiger partial charge in [0.2, 0.25) is 0 Å². The number of nitriles is 1. The molecule has 0 aliphatic rings. The quantitative estimate of drug-likeness (QED) is 0.354. The molecule has 1 aromatic rings. The highest BCUT2D eigenvalue weighted by Gasteiger charge is 2.16. The number of nitrogens with one attached hydrogen (secondary N) is 2. The van der Waals surface area contributed by atoms with Crippen molar-refractivity contribution < 1.29 is 14.5 Å². The van der Waals surface area contributed by atoms with Crippen LogP contribution in [0.3, 0.4) is 0 Å². The number of hydrogen-bond acceptors (Lipinski definition) is 5. The monoisotopic (exact) mass is 262 g/mol. The van der Waals surface area contributed by atoms with E-state index in [2.05, 4.69) is 10.6 Å². The maximum absolute atomic E-state index is 11.4. The number of benzene rings is 1. The third-order valence-electron chi connectivity index (χ3n) is 2.21. The Balaban J connectivity index is 2.84. The second kappa shape index (κ2) is 6.11. The summed E-state index contributed by atoms with van der Waals surface area (Å²) in [6, 6.07) is 5.56. The van der Waals surface area contributed by atoms with Crippen LogP contribution >= 0.6 is 0 Å². The van der Waals surface area contributed by atoms with Crippen molar-refractivity contribution in [2.45, 2.75) is 6.92 Å². The van der Waals surface area contributed by atoms with Gasteiger partial charge in [0, 0.05) is 12.1 Å². The predicted octanol–water partition coefficient (Wildman–Crippen LogP) is 0.481. The first-order valence-electron chi connectivity index (χ1n) is 5.17. The molecule has 0 fully saturated rings. The fraction of sp³-hybridized carbons (Fsp3) is 0.182. The van der Waals surface area contributed by atoms with Crippen molar-refractivity contribution >= 4 is 23.2 Å². The molecule has 2 amide bonds. The summed E-state index contributed by atoms with van der Waals surface area (Å²) in [5.74, 6) is -1.97. The number of carbonyl (C=O) groups excluding carboxylic acids is 2. The van der Waals surface area contributed by atoms with Gasteiger partial charge in [0.25, 0.3) is 5.69 Å². The molecule has 2 N–H and O–H groups in total. The SMILES string of the molecule is Cc1ccc([N+](=O)[O-])cc1NC(=O)C(=O)NCC#N. The van der Waals surface area contributed by atoms with E-state index in [9.17, 15) is 19.7 Å². The Morgan fingerprint density at radius 1 is 1.42 bits per heavy atom. The first kappa shape index (κ1) is 14.1. The number of hydrogen-bond donors (Lipinski definition) is 2. The van der Waals surface area contributed by atoms with Gasteiger partial charge in [-0.1, -0.05) is 6.07 Å². The van der Waals surface area contributed by atoms with Gasteiger partial charge >= 0.3 is 11.8 Å². The standard InChI is InChI=1S/C11H10N4O4/c1-7-2-3-8(15(18)19)6-9(7)14-11(17)10(16)13-5-4-12/h2-3,6H,5H2,1H3,(H,13,16)(H,14,17). The van der Waals surface area contributed by atoms with Crippen LogP contribution < -0.4 is 10.6 Å². The van der Waals surface area contributed by atoms with E-state index in [0.717, 1.165) is 6.07 Å². The molecule has 19 heavy (non-hydrogen) atoms. The van der Waals surface area contributed by atoms with E-state index in [1.54, 1.807) is 13.0 Å². The molecule has 0 spiro atoms. The van der Waals surface area contributed by atoms with E-state index < -0.39 is 16.7 Å². The minimum absolute atomic E-state index is 0.173. The third-order valence-corrected chi connectivity index (χ3v) is 2.21. The molecule has 1 aromatic carbocycles. The van der Waals surface area contributed by atoms with Crippen molar-refractivity contribution in [3.05, 3.63) is 33.9 Å². The molecule has 0 aliphatic heterocycles. The van der Waals surface area contributed by atoms with Crippen molar-refractivity contribution in [3.8, 4) is 6.07 Å². The molecular formula is C11H10N4O4. The van der Waals surface area contributed by atoms with Gasteiger partial charge in [0.15, 0.2) is 0 Å². The van der Waals surface area contributed by atoms with Gasteiger partial charge in [-0.3, -0.25) is 19.7 Å². The van der Waals surface area contributed by atoms with Crippen molar-refractivity contribution in [2.75, 3.05) is 11.9 Å². The fourth-order valence-corrected chi connectivity index (χ4v) is 1.24. The van der Waals surface area contributed by atoms with Gasteiger partial charge in [-0.05, 0) is 12.5 Å². The van der Waals surface area contributed by atoms with Crippen molar-refractivity contribution in [1.82, 2.24) is 5.32 Å². The van der Waals surface area contributed by atoms with Gasteiger partial charge in [-0.2, -0.15) is 5.26 Å². The van der Waals surface area contributed by atoms with Gasteiger partial charge < -0.3 is 10.6 Å². The van der Waals surface area contributed by atoms with Crippen molar-refractivity contribution in [1.29, 1.82) is 5.26 Å². The van der Waals surface area contributed by atoms with Crippen LogP contribution in [0, 0.1) is 28.4 Å². The van der Waals surface area contributed by atoms with Crippen molar-refractivity contribution in [3.63, 3.8) is 0 Å². The van der Waals surface area contributed by atoms with Gasteiger partial charge in [-0.25, -0.2) is 0 Å². The third kappa shape index (κ3) is 3.78. The number of nitrogens with zero attached hydrogens (tertiary/aromatic N) is 2. The molecule has 0 bridgehead atoms. The van der Waals surface area contributed by atoms with E-state index in [1.165, 1.54) is 12.1 Å². The second-order valence-electron chi connectivity index (χ2n) is 3.55. The highest BCUT2D eigenvalue weighted by Crippen LogP contribution is 2.21. The fourth-order valence-electron chi connectivity index (χ4n) is 1.24. The lowest BCUT2D eigenvalue weighted by Crippen LogP contribution is -2.35. The maximum atomic E-state index is 11.4. The largest absolute Gasteiger partial charge is 0.335 e. The Morgan fingerprint density at radius 3 is 2.68 bits per heavy atom. The lowest BCUT2D eigenvalue weighted by molar-refractivity contribution is -0.384. The molecule has 0 saturated heterocycles. The van der Waals surface area contributed by atoms with E-state index >= 15 is 0 Å². The topological polar surface area (TPSA) is 125 Å². The molecule has 1 rings (SSSR count). The zero-order chi connectivity index (χ0) is 14.4. The van der Waals surface area contributed by atoms with Crippen molar-refractivity contribution in [2.24, 2.45) is 0 Å². The summed E-state index contributed by atoms with van der Waals surface area (Å²) < 4.78 is 0. The van der Waals surface area contributed by atoms with Gasteiger partial charge in [0.1, 0.15) is 6.54 Å². The average molecular weight is 262 g/mol. The minimum Gasteiger partial charge on any atom is -0.335 e. The number of nitro groups is 1. The summed E-state index contributed by atoms with van der Waals surface area (Å²) in [6.45, 7) is 1.34. The number of aryl methyl sites for hydroxylation is 1. The Morgan fingerprint density at radius 2 is 2.11 bits per heavy atom. The van der Waals surface area contributed by atoms with Crippen LogP contribution in [-0.4, -0.2) is 23.3 Å². The predicted molar refractivity (Wildman–Crippen MR) is 65.1 cm³/mol. The molecule has 0 aromatic heterocycles. The van der Waals surface area contributed by atoms with Crippen LogP contribution in [0.2, 0.25) is 0 Å². The van der Waals surface area contributed by atoms with Crippen LogP contribution in [0.1, 0.15) is 5.56 Å². The van der Waals surface area contributed by atoms with E-state index in [1.807, 2.05) is 0 Å². The normalized spacial score (nSPS) is 9.26. The van der Waals surface area contributed by atoms with Gasteiger partial charge in [-0.15, -0.1) is 0 Å². The molecule has 0 radical (unpaired) electrons. The summed E-state index contributed by atoms with van der Waals surface area (Å²) in [5.41, 5.74) is 0.552. The number of nitro benzene ring substituents is 1. The number of anilines is 1. The number of non-ortho nitro benzene ring substituents is 1. The van der Waals surface area contributed by atoms with Crippen LogP contribution in [0.15, 0.2) is 18.2 Å². The minimum atomic E-state index is -0.987. The van der Waals surface area contributed by atoms with Gasteiger partial charge in [0.05, 0.1) is 16.7 Å². The van der Waals surface area contributed by atoms with Crippen LogP contribution in [0.25, 0.3) is 0 Å². The Hall–Kier alpha value is -2.95. The summed E-state index contributed by atoms with van der Waals surface area (Å²) in [4.78, 5) is 32.7. The molecule has 0 aliphatic carbocycles. The van der Waals surface area contributed by atoms with Crippen LogP contribution in [0.4, 0.5) is 11.4 Å². The average Bonchev–Trinajstić information content (AvgIpc) is 2.38. The van der Waals surface area contributed by atoms with E-state index in [4.69, 9.17) is 5.26 Å². The first-order valence-corrected chi connectivity index (χ1v) is 5.17. The molecule has 98 valence electrons. The van der Waals surface area contributed by atoms with E-state index in [-0.39, 0.29) is 17.9 Å². The number of rotatable bonds is 3. The molecule has 0 unspecified atom stereocenters. The lowest BCUT2D eigenvalue weighted by atomic mass is 10.2. The highest BCUT2D eigenvalue weighted by molar-refractivity contribution is 6.39. The number of carbonyl (C=O) groups is 2. The Kier molecular flexibility index (Phi) is 4.54. The van der Waals surface area contributed by atoms with E-state index in [0.29, 0.717) is 5.56 Å². The summed E-state index contributed by atoms with van der Waals surface area (Å²) >= 11 is 0. The zero-order valence-electron chi connectivity index (χ0n) is 9.97. The summed E-state index contributed by atoms with van der Waals surface area (Å²) in [5, 5.41) is 23.2. The summed E-state index contributed by atoms with van der Waals surface area (Å²) in [6.07, 6.45) is 0. The van der Waals surface area contributed by atoms with Crippen LogP contribution in [0.5, 0.6) is 0 Å². The second-order valence-corrected chi connectivity index (χ2v) is 3.55. The summed E-state index contributed by atoms with van der Waals surface area (Å²) in [7, 11) is 0. The van der Waals surface area contributed by atoms with Crippen LogP contribution in [-0.2, 0) is 9.59 Å². The Bertz CT molecular complexity index is 577. The molecule has 8 heteroatoms. The molecule has 0 heterocycles. The zero-order valence-corrected chi connectivity index (χ0v) is 9.97. The molecule has 0 atom stereocenters. The highest BCUT2D eigenvalue weighted by atomic mass is 16.6. The molecule has 8 nitrogen and oxygen atoms in total. The Labute approximate surface area is 108 Å². The molecule has 0 saturated carbocycles. The number of amides is 2. The lowest BCUT2D eigenvalue weighted by Gasteiger charge is -2.07. The first-order chi connectivity index (χ1) is 8.95. The molecular weight excluding hydrogens is 252 g/mol.